The van der Waals surface area contributed by atoms with Crippen molar-refractivity contribution in [3.63, 3.8) is 0 Å². The number of fused-ring (bicyclic) bond motifs is 1. The zero-order chi connectivity index (χ0) is 21.7. The van der Waals surface area contributed by atoms with E-state index in [0.29, 0.717) is 40.6 Å². The second-order valence-electron chi connectivity index (χ2n) is 6.14. The standard InChI is InChI=1S/C22H22N2O5S/c1-5-12-24-16-11-10-14(21(26)29-6-2)13-18(16)30-22(24)23-20(25)15-8-7-9-17(27-3)19(15)28-4/h5,7-11,13H,1,6,12H2,2-4H3. The molecule has 2 aromatic carbocycles. The molecule has 1 aromatic heterocycles. The van der Waals surface area contributed by atoms with E-state index in [1.165, 1.54) is 25.6 Å². The van der Waals surface area contributed by atoms with E-state index in [0.717, 1.165) is 10.2 Å². The lowest BCUT2D eigenvalue weighted by molar-refractivity contribution is 0.0526. The molecule has 3 aromatic rings. The van der Waals surface area contributed by atoms with Gasteiger partial charge in [-0.2, -0.15) is 4.99 Å². The minimum Gasteiger partial charge on any atom is -0.493 e. The van der Waals surface area contributed by atoms with Crippen molar-refractivity contribution in [2.45, 2.75) is 13.5 Å². The number of amides is 1. The molecule has 0 N–H and O–H groups in total. The molecule has 0 saturated carbocycles. The van der Waals surface area contributed by atoms with E-state index in [-0.39, 0.29) is 0 Å². The number of benzene rings is 2. The van der Waals surface area contributed by atoms with E-state index in [1.807, 2.05) is 10.6 Å². The Morgan fingerprint density at radius 3 is 2.67 bits per heavy atom. The molecule has 1 heterocycles. The molecule has 7 nitrogen and oxygen atoms in total. The van der Waals surface area contributed by atoms with Crippen LogP contribution in [0.1, 0.15) is 27.6 Å². The van der Waals surface area contributed by atoms with E-state index < -0.39 is 11.9 Å². The van der Waals surface area contributed by atoms with Gasteiger partial charge in [0, 0.05) is 6.54 Å². The number of carbonyl (C=O) groups excluding carboxylic acids is 2. The van der Waals surface area contributed by atoms with Crippen LogP contribution in [0.4, 0.5) is 0 Å². The first-order valence-corrected chi connectivity index (χ1v) is 10.1. The molecule has 0 atom stereocenters. The summed E-state index contributed by atoms with van der Waals surface area (Å²) < 4.78 is 18.4. The fraction of sp³-hybridized carbons (Fsp3) is 0.227. The van der Waals surface area contributed by atoms with Gasteiger partial charge in [-0.3, -0.25) is 4.79 Å². The lowest BCUT2D eigenvalue weighted by Crippen LogP contribution is -2.16. The fourth-order valence-electron chi connectivity index (χ4n) is 3.01. The van der Waals surface area contributed by atoms with Crippen molar-refractivity contribution < 1.29 is 23.8 Å². The zero-order valence-electron chi connectivity index (χ0n) is 17.0. The Bertz CT molecular complexity index is 1180. The van der Waals surface area contributed by atoms with E-state index >= 15 is 0 Å². The van der Waals surface area contributed by atoms with Crippen molar-refractivity contribution in [1.29, 1.82) is 0 Å². The van der Waals surface area contributed by atoms with Crippen LogP contribution in [0.25, 0.3) is 10.2 Å². The number of esters is 1. The summed E-state index contributed by atoms with van der Waals surface area (Å²) in [7, 11) is 2.98. The van der Waals surface area contributed by atoms with E-state index in [9.17, 15) is 9.59 Å². The van der Waals surface area contributed by atoms with Crippen LogP contribution < -0.4 is 14.3 Å². The first-order valence-electron chi connectivity index (χ1n) is 9.25. The highest BCUT2D eigenvalue weighted by molar-refractivity contribution is 7.16. The number of ether oxygens (including phenoxy) is 3. The molecule has 0 spiro atoms. The van der Waals surface area contributed by atoms with E-state index in [4.69, 9.17) is 14.2 Å². The molecule has 0 bridgehead atoms. The second kappa shape index (κ2) is 9.41. The molecule has 3 rings (SSSR count). The second-order valence-corrected chi connectivity index (χ2v) is 7.15. The van der Waals surface area contributed by atoms with Gasteiger partial charge in [-0.15, -0.1) is 6.58 Å². The molecule has 0 aliphatic rings. The summed E-state index contributed by atoms with van der Waals surface area (Å²) in [5.41, 5.74) is 1.59. The molecular weight excluding hydrogens is 404 g/mol. The normalized spacial score (nSPS) is 11.4. The van der Waals surface area contributed by atoms with Crippen LogP contribution in [0.2, 0.25) is 0 Å². The number of carbonyl (C=O) groups is 2. The number of aromatic nitrogens is 1. The summed E-state index contributed by atoms with van der Waals surface area (Å²) in [6.45, 7) is 6.31. The van der Waals surface area contributed by atoms with Crippen molar-refractivity contribution in [2.75, 3.05) is 20.8 Å². The van der Waals surface area contributed by atoms with Crippen LogP contribution in [-0.4, -0.2) is 37.3 Å². The minimum absolute atomic E-state index is 0.298. The lowest BCUT2D eigenvalue weighted by Gasteiger charge is -2.09. The van der Waals surface area contributed by atoms with Crippen molar-refractivity contribution in [3.05, 3.63) is 65.0 Å². The van der Waals surface area contributed by atoms with Crippen LogP contribution in [0.15, 0.2) is 54.0 Å². The Kier molecular flexibility index (Phi) is 6.68. The predicted octanol–water partition coefficient (Wildman–Crippen LogP) is 3.82. The summed E-state index contributed by atoms with van der Waals surface area (Å²) in [4.78, 5) is 29.8. The van der Waals surface area contributed by atoms with Crippen molar-refractivity contribution in [2.24, 2.45) is 4.99 Å². The average Bonchev–Trinajstić information content (AvgIpc) is 3.09. The van der Waals surface area contributed by atoms with Gasteiger partial charge >= 0.3 is 5.97 Å². The summed E-state index contributed by atoms with van der Waals surface area (Å²) in [6, 6.07) is 10.3. The fourth-order valence-corrected chi connectivity index (χ4v) is 4.09. The van der Waals surface area contributed by atoms with Gasteiger partial charge in [0.1, 0.15) is 0 Å². The molecule has 8 heteroatoms. The Morgan fingerprint density at radius 1 is 1.20 bits per heavy atom. The van der Waals surface area contributed by atoms with Gasteiger partial charge in [0.25, 0.3) is 5.91 Å². The molecule has 1 amide bonds. The van der Waals surface area contributed by atoms with Crippen molar-refractivity contribution in [3.8, 4) is 11.5 Å². The largest absolute Gasteiger partial charge is 0.493 e. The number of allylic oxidation sites excluding steroid dienone is 1. The third-order valence-corrected chi connectivity index (χ3v) is 5.38. The third kappa shape index (κ3) is 4.13. The van der Waals surface area contributed by atoms with Gasteiger partial charge < -0.3 is 18.8 Å². The number of hydrogen-bond donors (Lipinski definition) is 0. The first kappa shape index (κ1) is 21.3. The van der Waals surface area contributed by atoms with Gasteiger partial charge in [0.15, 0.2) is 16.3 Å². The van der Waals surface area contributed by atoms with Crippen LogP contribution in [0.5, 0.6) is 11.5 Å². The molecule has 156 valence electrons. The molecular formula is C22H22N2O5S. The van der Waals surface area contributed by atoms with Crippen molar-refractivity contribution in [1.82, 2.24) is 4.57 Å². The topological polar surface area (TPSA) is 79.1 Å². The van der Waals surface area contributed by atoms with Gasteiger partial charge in [-0.1, -0.05) is 23.5 Å². The van der Waals surface area contributed by atoms with Crippen LogP contribution in [0.3, 0.4) is 0 Å². The SMILES string of the molecule is C=CCn1c(=NC(=O)c2cccc(OC)c2OC)sc2cc(C(=O)OCC)ccc21. The smallest absolute Gasteiger partial charge is 0.338 e. The number of rotatable bonds is 7. The number of para-hydroxylation sites is 1. The number of nitrogens with zero attached hydrogens (tertiary/aromatic N) is 2. The molecule has 0 saturated heterocycles. The molecule has 0 unspecified atom stereocenters. The molecule has 0 radical (unpaired) electrons. The van der Waals surface area contributed by atoms with Crippen LogP contribution in [0, 0.1) is 0 Å². The molecule has 0 aliphatic carbocycles. The summed E-state index contributed by atoms with van der Waals surface area (Å²) >= 11 is 1.31. The van der Waals surface area contributed by atoms with E-state index in [1.54, 1.807) is 43.3 Å². The van der Waals surface area contributed by atoms with Crippen LogP contribution >= 0.6 is 11.3 Å². The highest BCUT2D eigenvalue weighted by atomic mass is 32.1. The maximum absolute atomic E-state index is 12.9. The maximum Gasteiger partial charge on any atom is 0.338 e. The zero-order valence-corrected chi connectivity index (χ0v) is 17.8. The molecule has 0 aliphatic heterocycles. The van der Waals surface area contributed by atoms with Gasteiger partial charge in [-0.05, 0) is 37.3 Å². The highest BCUT2D eigenvalue weighted by Gasteiger charge is 2.17. The number of hydrogen-bond acceptors (Lipinski definition) is 6. The predicted molar refractivity (Wildman–Crippen MR) is 115 cm³/mol. The molecule has 0 fully saturated rings. The average molecular weight is 426 g/mol. The van der Waals surface area contributed by atoms with Gasteiger partial charge in [0.2, 0.25) is 0 Å². The summed E-state index contributed by atoms with van der Waals surface area (Å²) in [5, 5.41) is 0. The van der Waals surface area contributed by atoms with Gasteiger partial charge in [-0.25, -0.2) is 4.79 Å². The molecule has 30 heavy (non-hydrogen) atoms. The quantitative estimate of drug-likeness (QED) is 0.424. The number of methoxy groups -OCH3 is 2. The highest BCUT2D eigenvalue weighted by Crippen LogP contribution is 2.31. The first-order chi connectivity index (χ1) is 14.5. The van der Waals surface area contributed by atoms with Gasteiger partial charge in [0.05, 0.1) is 42.2 Å². The Hall–Kier alpha value is -3.39. The summed E-state index contributed by atoms with van der Waals surface area (Å²) in [5.74, 6) is -0.0675. The van der Waals surface area contributed by atoms with Crippen LogP contribution in [-0.2, 0) is 11.3 Å². The Labute approximate surface area is 177 Å². The van der Waals surface area contributed by atoms with Crippen molar-refractivity contribution >= 4 is 33.4 Å². The van der Waals surface area contributed by atoms with E-state index in [2.05, 4.69) is 11.6 Å². The minimum atomic E-state index is -0.458. The number of thiazole rings is 1. The lowest BCUT2D eigenvalue weighted by atomic mass is 10.2. The Morgan fingerprint density at radius 2 is 2.00 bits per heavy atom. The summed E-state index contributed by atoms with van der Waals surface area (Å²) in [6.07, 6.45) is 1.72. The third-order valence-electron chi connectivity index (χ3n) is 4.34. The maximum atomic E-state index is 12.9. The Balaban J connectivity index is 2.13. The monoisotopic (exact) mass is 426 g/mol.